The highest BCUT2D eigenvalue weighted by molar-refractivity contribution is 9.10. The van der Waals surface area contributed by atoms with Crippen LogP contribution < -0.4 is 14.8 Å². The summed E-state index contributed by atoms with van der Waals surface area (Å²) in [5, 5.41) is 4.67. The Morgan fingerprint density at radius 3 is 2.52 bits per heavy atom. The Labute approximate surface area is 141 Å². The van der Waals surface area contributed by atoms with Crippen LogP contribution in [0.5, 0.6) is 11.5 Å². The number of anilines is 1. The largest absolute Gasteiger partial charge is 0.486 e. The predicted octanol–water partition coefficient (Wildman–Crippen LogP) is 5.14. The van der Waals surface area contributed by atoms with Crippen LogP contribution in [0.4, 0.5) is 5.69 Å². The van der Waals surface area contributed by atoms with Crippen molar-refractivity contribution in [2.75, 3.05) is 18.5 Å². The number of benzene rings is 2. The summed E-state index contributed by atoms with van der Waals surface area (Å²) in [6.45, 7) is 1.70. The Hall–Kier alpha value is -1.10. The van der Waals surface area contributed by atoms with Crippen molar-refractivity contribution < 1.29 is 9.47 Å². The fraction of sp³-hybridized carbons (Fsp3) is 0.200. The van der Waals surface area contributed by atoms with Gasteiger partial charge in [-0.25, -0.2) is 0 Å². The number of ether oxygens (including phenoxy) is 2. The Bertz CT molecular complexity index is 679. The van der Waals surface area contributed by atoms with E-state index in [4.69, 9.17) is 32.7 Å². The van der Waals surface area contributed by atoms with Gasteiger partial charge in [-0.05, 0) is 39.7 Å². The van der Waals surface area contributed by atoms with Gasteiger partial charge < -0.3 is 14.8 Å². The minimum Gasteiger partial charge on any atom is -0.486 e. The van der Waals surface area contributed by atoms with Gasteiger partial charge in [0.15, 0.2) is 11.5 Å². The SMILES string of the molecule is Clc1ccc(Cl)c(CNc2cc3c(cc2Br)OCCO3)c1. The van der Waals surface area contributed by atoms with E-state index >= 15 is 0 Å². The van der Waals surface area contributed by atoms with Crippen molar-refractivity contribution in [1.29, 1.82) is 0 Å². The number of fused-ring (bicyclic) bond motifs is 1. The predicted molar refractivity (Wildman–Crippen MR) is 88.9 cm³/mol. The lowest BCUT2D eigenvalue weighted by Gasteiger charge is -2.20. The lowest BCUT2D eigenvalue weighted by Crippen LogP contribution is -2.15. The van der Waals surface area contributed by atoms with Crippen LogP contribution in [0.25, 0.3) is 0 Å². The van der Waals surface area contributed by atoms with Gasteiger partial charge in [-0.15, -0.1) is 0 Å². The highest BCUT2D eigenvalue weighted by atomic mass is 79.9. The summed E-state index contributed by atoms with van der Waals surface area (Å²) >= 11 is 15.7. The van der Waals surface area contributed by atoms with Crippen molar-refractivity contribution in [2.24, 2.45) is 0 Å². The Kier molecular flexibility index (Phi) is 4.48. The van der Waals surface area contributed by atoms with Gasteiger partial charge in [0, 0.05) is 33.2 Å². The highest BCUT2D eigenvalue weighted by Crippen LogP contribution is 2.38. The molecule has 2 aromatic carbocycles. The molecule has 1 aliphatic rings. The van der Waals surface area contributed by atoms with Crippen LogP contribution in [0.15, 0.2) is 34.8 Å². The first-order valence-electron chi connectivity index (χ1n) is 6.40. The van der Waals surface area contributed by atoms with Gasteiger partial charge in [-0.2, -0.15) is 0 Å². The molecule has 0 saturated carbocycles. The molecule has 6 heteroatoms. The summed E-state index contributed by atoms with van der Waals surface area (Å²) in [5.74, 6) is 1.49. The molecule has 2 aromatic rings. The number of hydrogen-bond donors (Lipinski definition) is 1. The fourth-order valence-electron chi connectivity index (χ4n) is 2.07. The normalized spacial score (nSPS) is 13.1. The summed E-state index contributed by atoms with van der Waals surface area (Å²) in [7, 11) is 0. The van der Waals surface area contributed by atoms with Crippen LogP contribution in [0, 0.1) is 0 Å². The average Bonchev–Trinajstić information content (AvgIpc) is 2.48. The smallest absolute Gasteiger partial charge is 0.163 e. The van der Waals surface area contributed by atoms with E-state index in [-0.39, 0.29) is 0 Å². The monoisotopic (exact) mass is 387 g/mol. The zero-order chi connectivity index (χ0) is 14.8. The molecule has 3 rings (SSSR count). The van der Waals surface area contributed by atoms with E-state index in [0.717, 1.165) is 27.2 Å². The minimum absolute atomic E-state index is 0.564. The topological polar surface area (TPSA) is 30.5 Å². The number of rotatable bonds is 3. The molecule has 0 spiro atoms. The molecular weight excluding hydrogens is 377 g/mol. The van der Waals surface area contributed by atoms with E-state index in [1.54, 1.807) is 12.1 Å². The zero-order valence-corrected chi connectivity index (χ0v) is 14.1. The summed E-state index contributed by atoms with van der Waals surface area (Å²) in [5.41, 5.74) is 1.85. The van der Waals surface area contributed by atoms with Gasteiger partial charge in [-0.1, -0.05) is 23.2 Å². The third kappa shape index (κ3) is 3.39. The van der Waals surface area contributed by atoms with Crippen LogP contribution in [0.3, 0.4) is 0 Å². The first kappa shape index (κ1) is 14.8. The van der Waals surface area contributed by atoms with E-state index in [1.165, 1.54) is 0 Å². The highest BCUT2D eigenvalue weighted by Gasteiger charge is 2.15. The molecule has 0 fully saturated rings. The van der Waals surface area contributed by atoms with E-state index in [2.05, 4.69) is 21.2 Å². The molecule has 1 heterocycles. The molecule has 0 aliphatic carbocycles. The lowest BCUT2D eigenvalue weighted by atomic mass is 10.2. The van der Waals surface area contributed by atoms with Crippen LogP contribution in [-0.4, -0.2) is 13.2 Å². The van der Waals surface area contributed by atoms with Crippen molar-refractivity contribution >= 4 is 44.8 Å². The van der Waals surface area contributed by atoms with Gasteiger partial charge >= 0.3 is 0 Å². The first-order chi connectivity index (χ1) is 10.1. The van der Waals surface area contributed by atoms with Gasteiger partial charge in [0.1, 0.15) is 13.2 Å². The fourth-order valence-corrected chi connectivity index (χ4v) is 2.91. The van der Waals surface area contributed by atoms with Crippen LogP contribution in [0.2, 0.25) is 10.0 Å². The second-order valence-electron chi connectivity index (χ2n) is 4.56. The van der Waals surface area contributed by atoms with Gasteiger partial charge in [0.25, 0.3) is 0 Å². The third-order valence-electron chi connectivity index (χ3n) is 3.11. The van der Waals surface area contributed by atoms with Gasteiger partial charge in [0.05, 0.1) is 5.69 Å². The third-order valence-corrected chi connectivity index (χ3v) is 4.37. The van der Waals surface area contributed by atoms with Crippen LogP contribution in [-0.2, 0) is 6.54 Å². The van der Waals surface area contributed by atoms with Gasteiger partial charge in [0.2, 0.25) is 0 Å². The maximum atomic E-state index is 6.16. The second-order valence-corrected chi connectivity index (χ2v) is 6.26. The van der Waals surface area contributed by atoms with Crippen LogP contribution in [0.1, 0.15) is 5.56 Å². The van der Waals surface area contributed by atoms with E-state index in [9.17, 15) is 0 Å². The van der Waals surface area contributed by atoms with E-state index < -0.39 is 0 Å². The second kappa shape index (κ2) is 6.34. The lowest BCUT2D eigenvalue weighted by molar-refractivity contribution is 0.171. The first-order valence-corrected chi connectivity index (χ1v) is 7.95. The average molecular weight is 389 g/mol. The van der Waals surface area contributed by atoms with E-state index in [1.807, 2.05) is 18.2 Å². The zero-order valence-electron chi connectivity index (χ0n) is 11.0. The molecule has 110 valence electrons. The number of halogens is 3. The Morgan fingerprint density at radius 2 is 1.76 bits per heavy atom. The summed E-state index contributed by atoms with van der Waals surface area (Å²) in [6.07, 6.45) is 0. The molecule has 3 nitrogen and oxygen atoms in total. The summed E-state index contributed by atoms with van der Waals surface area (Å²) in [4.78, 5) is 0. The minimum atomic E-state index is 0.564. The molecule has 0 bridgehead atoms. The summed E-state index contributed by atoms with van der Waals surface area (Å²) < 4.78 is 12.0. The molecule has 1 aliphatic heterocycles. The molecule has 0 saturated heterocycles. The maximum Gasteiger partial charge on any atom is 0.163 e. The summed E-state index contributed by atoms with van der Waals surface area (Å²) in [6, 6.07) is 9.23. The molecule has 0 amide bonds. The quantitative estimate of drug-likeness (QED) is 0.789. The van der Waals surface area contributed by atoms with E-state index in [0.29, 0.717) is 29.8 Å². The molecule has 0 radical (unpaired) electrons. The molecule has 1 N–H and O–H groups in total. The molecular formula is C15H12BrCl2NO2. The number of nitrogens with one attached hydrogen (secondary N) is 1. The van der Waals surface area contributed by atoms with Crippen molar-refractivity contribution in [2.45, 2.75) is 6.54 Å². The van der Waals surface area contributed by atoms with Crippen molar-refractivity contribution in [3.05, 3.63) is 50.4 Å². The Morgan fingerprint density at radius 1 is 1.05 bits per heavy atom. The molecule has 21 heavy (non-hydrogen) atoms. The van der Waals surface area contributed by atoms with Crippen LogP contribution >= 0.6 is 39.1 Å². The molecule has 0 atom stereocenters. The number of hydrogen-bond acceptors (Lipinski definition) is 3. The molecule has 0 aromatic heterocycles. The maximum absolute atomic E-state index is 6.16. The standard InChI is InChI=1S/C15H12BrCl2NO2/c16-11-6-14-15(21-4-3-20-14)7-13(11)19-8-9-5-10(17)1-2-12(9)18/h1-2,5-7,19H,3-4,8H2. The van der Waals surface area contributed by atoms with Crippen molar-refractivity contribution in [3.63, 3.8) is 0 Å². The van der Waals surface area contributed by atoms with Crippen molar-refractivity contribution in [3.8, 4) is 11.5 Å². The Balaban J connectivity index is 1.80. The van der Waals surface area contributed by atoms with Crippen molar-refractivity contribution in [1.82, 2.24) is 0 Å². The molecule has 0 unspecified atom stereocenters. The van der Waals surface area contributed by atoms with Gasteiger partial charge in [-0.3, -0.25) is 0 Å².